The highest BCUT2D eigenvalue weighted by molar-refractivity contribution is 5.89. The van der Waals surface area contributed by atoms with Crippen molar-refractivity contribution in [2.45, 2.75) is 25.8 Å². The third-order valence-corrected chi connectivity index (χ3v) is 5.17. The Morgan fingerprint density at radius 1 is 1.18 bits per heavy atom. The molecular formula is C22H24N2O4. The number of benzene rings is 2. The summed E-state index contributed by atoms with van der Waals surface area (Å²) in [7, 11) is 0. The van der Waals surface area contributed by atoms with Crippen molar-refractivity contribution >= 4 is 17.8 Å². The van der Waals surface area contributed by atoms with E-state index in [9.17, 15) is 14.4 Å². The Bertz CT molecular complexity index is 866. The summed E-state index contributed by atoms with van der Waals surface area (Å²) in [5.41, 5.74) is 2.13. The van der Waals surface area contributed by atoms with E-state index in [1.165, 1.54) is 6.07 Å². The molecule has 0 spiro atoms. The molecule has 1 heterocycles. The summed E-state index contributed by atoms with van der Waals surface area (Å²) in [5, 5.41) is 11.9. The van der Waals surface area contributed by atoms with Crippen molar-refractivity contribution in [2.24, 2.45) is 5.92 Å². The number of carbonyl (C=O) groups is 3. The Balaban J connectivity index is 1.52. The number of nitrogens with one attached hydrogen (secondary N) is 1. The van der Waals surface area contributed by atoms with Crippen LogP contribution < -0.4 is 5.32 Å². The lowest BCUT2D eigenvalue weighted by Crippen LogP contribution is -2.34. The molecule has 0 bridgehead atoms. The average Bonchev–Trinajstić information content (AvgIpc) is 3.10. The number of likely N-dealkylation sites (tertiary alicyclic amines) is 1. The van der Waals surface area contributed by atoms with Crippen LogP contribution in [0.5, 0.6) is 0 Å². The highest BCUT2D eigenvalue weighted by Crippen LogP contribution is 2.28. The Hall–Kier alpha value is -3.15. The normalized spacial score (nSPS) is 17.4. The maximum atomic E-state index is 12.5. The Morgan fingerprint density at radius 3 is 2.64 bits per heavy atom. The van der Waals surface area contributed by atoms with Gasteiger partial charge in [-0.25, -0.2) is 4.79 Å². The second kappa shape index (κ2) is 8.69. The van der Waals surface area contributed by atoms with Crippen LogP contribution in [0.3, 0.4) is 0 Å². The van der Waals surface area contributed by atoms with Crippen molar-refractivity contribution in [2.75, 3.05) is 13.1 Å². The van der Waals surface area contributed by atoms with Crippen molar-refractivity contribution in [1.29, 1.82) is 0 Å². The first-order valence-electron chi connectivity index (χ1n) is 9.40. The predicted molar refractivity (Wildman–Crippen MR) is 105 cm³/mol. The first kappa shape index (κ1) is 19.6. The molecule has 28 heavy (non-hydrogen) atoms. The average molecular weight is 380 g/mol. The van der Waals surface area contributed by atoms with Gasteiger partial charge in [-0.1, -0.05) is 42.5 Å². The fraction of sp³-hybridized carbons (Fsp3) is 0.318. The van der Waals surface area contributed by atoms with Gasteiger partial charge in [-0.05, 0) is 36.6 Å². The van der Waals surface area contributed by atoms with Gasteiger partial charge in [-0.3, -0.25) is 9.59 Å². The lowest BCUT2D eigenvalue weighted by atomic mass is 10.1. The highest BCUT2D eigenvalue weighted by Gasteiger charge is 2.36. The Morgan fingerprint density at radius 2 is 1.93 bits per heavy atom. The standard InChI is InChI=1S/C22H24N2O4/c1-15(17-7-3-2-4-8-17)24-14-19(13-20(24)25)21(26)23-11-10-16-6-5-9-18(12-16)22(27)28/h2-9,12,15,19H,10-11,13-14H2,1H3,(H,23,26)(H,27,28). The van der Waals surface area contributed by atoms with Crippen LogP contribution >= 0.6 is 0 Å². The summed E-state index contributed by atoms with van der Waals surface area (Å²) >= 11 is 0. The summed E-state index contributed by atoms with van der Waals surface area (Å²) in [6.07, 6.45) is 0.759. The molecule has 2 unspecified atom stereocenters. The third-order valence-electron chi connectivity index (χ3n) is 5.17. The second-order valence-corrected chi connectivity index (χ2v) is 7.08. The number of amides is 2. The summed E-state index contributed by atoms with van der Waals surface area (Å²) < 4.78 is 0. The lowest BCUT2D eigenvalue weighted by molar-refractivity contribution is -0.130. The van der Waals surface area contributed by atoms with E-state index in [4.69, 9.17) is 5.11 Å². The van der Waals surface area contributed by atoms with E-state index in [1.54, 1.807) is 17.0 Å². The highest BCUT2D eigenvalue weighted by atomic mass is 16.4. The quantitative estimate of drug-likeness (QED) is 0.773. The molecule has 2 N–H and O–H groups in total. The van der Waals surface area contributed by atoms with Crippen molar-refractivity contribution in [1.82, 2.24) is 10.2 Å². The molecule has 2 amide bonds. The van der Waals surface area contributed by atoms with Gasteiger partial charge in [0.15, 0.2) is 0 Å². The second-order valence-electron chi connectivity index (χ2n) is 7.08. The smallest absolute Gasteiger partial charge is 0.335 e. The van der Waals surface area contributed by atoms with Crippen LogP contribution in [0.15, 0.2) is 54.6 Å². The minimum absolute atomic E-state index is 0.00865. The topological polar surface area (TPSA) is 86.7 Å². The fourth-order valence-corrected chi connectivity index (χ4v) is 3.53. The molecule has 1 fully saturated rings. The molecule has 2 atom stereocenters. The lowest BCUT2D eigenvalue weighted by Gasteiger charge is -2.25. The van der Waals surface area contributed by atoms with Crippen LogP contribution in [0.4, 0.5) is 0 Å². The molecule has 0 aliphatic carbocycles. The SMILES string of the molecule is CC(c1ccccc1)N1CC(C(=O)NCCc2cccc(C(=O)O)c2)CC1=O. The minimum Gasteiger partial charge on any atom is -0.478 e. The van der Waals surface area contributed by atoms with Gasteiger partial charge < -0.3 is 15.3 Å². The van der Waals surface area contributed by atoms with E-state index >= 15 is 0 Å². The summed E-state index contributed by atoms with van der Waals surface area (Å²) in [5.74, 6) is -1.47. The maximum absolute atomic E-state index is 12.5. The summed E-state index contributed by atoms with van der Waals surface area (Å²) in [6, 6.07) is 16.4. The van der Waals surface area contributed by atoms with Gasteiger partial charge in [0.1, 0.15) is 0 Å². The van der Waals surface area contributed by atoms with E-state index in [2.05, 4.69) is 5.32 Å². The van der Waals surface area contributed by atoms with Gasteiger partial charge >= 0.3 is 5.97 Å². The molecule has 1 saturated heterocycles. The number of hydrogen-bond acceptors (Lipinski definition) is 3. The monoisotopic (exact) mass is 380 g/mol. The number of carboxylic acid groups (broad SMARTS) is 1. The largest absolute Gasteiger partial charge is 0.478 e. The Labute approximate surface area is 164 Å². The van der Waals surface area contributed by atoms with Gasteiger partial charge in [-0.15, -0.1) is 0 Å². The number of nitrogens with zero attached hydrogens (tertiary/aromatic N) is 1. The zero-order chi connectivity index (χ0) is 20.1. The van der Waals surface area contributed by atoms with Gasteiger partial charge in [0.25, 0.3) is 0 Å². The summed E-state index contributed by atoms with van der Waals surface area (Å²) in [6.45, 7) is 2.79. The van der Waals surface area contributed by atoms with Crippen molar-refractivity contribution in [3.63, 3.8) is 0 Å². The molecule has 6 heteroatoms. The molecule has 6 nitrogen and oxygen atoms in total. The van der Waals surface area contributed by atoms with E-state index in [0.717, 1.165) is 11.1 Å². The van der Waals surface area contributed by atoms with Crippen molar-refractivity contribution < 1.29 is 19.5 Å². The van der Waals surface area contributed by atoms with E-state index < -0.39 is 5.97 Å². The van der Waals surface area contributed by atoms with Gasteiger partial charge in [-0.2, -0.15) is 0 Å². The molecular weight excluding hydrogens is 356 g/mol. The third kappa shape index (κ3) is 4.57. The minimum atomic E-state index is -0.969. The molecule has 0 aromatic heterocycles. The maximum Gasteiger partial charge on any atom is 0.335 e. The number of rotatable bonds is 7. The van der Waals surface area contributed by atoms with Crippen molar-refractivity contribution in [3.05, 3.63) is 71.3 Å². The van der Waals surface area contributed by atoms with Gasteiger partial charge in [0, 0.05) is 19.5 Å². The Kier molecular flexibility index (Phi) is 6.09. The molecule has 146 valence electrons. The van der Waals surface area contributed by atoms with Crippen LogP contribution in [0.2, 0.25) is 0 Å². The molecule has 2 aromatic carbocycles. The number of hydrogen-bond donors (Lipinski definition) is 2. The number of aromatic carboxylic acids is 1. The molecule has 0 saturated carbocycles. The molecule has 1 aliphatic heterocycles. The molecule has 2 aromatic rings. The van der Waals surface area contributed by atoms with Crippen molar-refractivity contribution in [3.8, 4) is 0 Å². The van der Waals surface area contributed by atoms with Crippen LogP contribution in [0, 0.1) is 5.92 Å². The van der Waals surface area contributed by atoms with E-state index in [0.29, 0.717) is 19.5 Å². The van der Waals surface area contributed by atoms with E-state index in [1.807, 2.05) is 43.3 Å². The van der Waals surface area contributed by atoms with Crippen LogP contribution in [0.1, 0.15) is 40.9 Å². The molecule has 3 rings (SSSR count). The zero-order valence-corrected chi connectivity index (χ0v) is 15.8. The van der Waals surface area contributed by atoms with E-state index in [-0.39, 0.29) is 35.8 Å². The van der Waals surface area contributed by atoms with Gasteiger partial charge in [0.05, 0.1) is 17.5 Å². The number of carbonyl (C=O) groups excluding carboxylic acids is 2. The van der Waals surface area contributed by atoms with Crippen LogP contribution in [-0.4, -0.2) is 40.9 Å². The van der Waals surface area contributed by atoms with Crippen LogP contribution in [-0.2, 0) is 16.0 Å². The molecule has 0 radical (unpaired) electrons. The fourth-order valence-electron chi connectivity index (χ4n) is 3.53. The zero-order valence-electron chi connectivity index (χ0n) is 15.8. The van der Waals surface area contributed by atoms with Crippen LogP contribution in [0.25, 0.3) is 0 Å². The first-order valence-corrected chi connectivity index (χ1v) is 9.40. The number of carboxylic acids is 1. The summed E-state index contributed by atoms with van der Waals surface area (Å²) in [4.78, 5) is 37.6. The first-order chi connectivity index (χ1) is 13.5. The van der Waals surface area contributed by atoms with Gasteiger partial charge in [0.2, 0.25) is 11.8 Å². The molecule has 1 aliphatic rings. The predicted octanol–water partition coefficient (Wildman–Crippen LogP) is 2.65.